The molecule has 270 valence electrons. The Kier molecular flexibility index (Phi) is 30.1. The van der Waals surface area contributed by atoms with Gasteiger partial charge in [-0.2, -0.15) is 0 Å². The van der Waals surface area contributed by atoms with Gasteiger partial charge in [0.25, 0.3) is 0 Å². The number of carboxylic acid groups (broad SMARTS) is 2. The van der Waals surface area contributed by atoms with Crippen LogP contribution in [0.2, 0.25) is 0 Å². The lowest BCUT2D eigenvalue weighted by molar-refractivity contribution is -0.138. The van der Waals surface area contributed by atoms with Gasteiger partial charge in [-0.15, -0.1) is 0 Å². The molecule has 0 bridgehead atoms. The number of nitrogens with zero attached hydrogens (tertiary/aromatic N) is 2. The fourth-order valence-electron chi connectivity index (χ4n) is 5.34. The maximum atomic E-state index is 12.9. The number of ketones is 1. The number of likely N-dealkylation sites (N-methyl/N-ethyl adjacent to an activating group) is 2. The highest BCUT2D eigenvalue weighted by Gasteiger charge is 2.23. The number of aliphatic carboxylic acids is 2. The number of carboxylic acids is 2. The first kappa shape index (κ1) is 44.7. The summed E-state index contributed by atoms with van der Waals surface area (Å²) in [5, 5.41) is 20.5. The molecule has 0 aromatic heterocycles. The van der Waals surface area contributed by atoms with E-state index < -0.39 is 11.9 Å². The van der Waals surface area contributed by atoms with E-state index in [2.05, 4.69) is 5.32 Å². The van der Waals surface area contributed by atoms with Crippen molar-refractivity contribution in [2.45, 2.75) is 153 Å². The zero-order valence-corrected chi connectivity index (χ0v) is 31.2. The van der Waals surface area contributed by atoms with Crippen molar-refractivity contribution in [2.24, 2.45) is 0 Å². The van der Waals surface area contributed by atoms with Gasteiger partial charge in [-0.1, -0.05) is 118 Å². The first-order chi connectivity index (χ1) is 22.1. The van der Waals surface area contributed by atoms with E-state index in [9.17, 15) is 19.2 Å². The molecule has 3 N–H and O–H groups in total. The Morgan fingerprint density at radius 1 is 0.500 bits per heavy atom. The van der Waals surface area contributed by atoms with Crippen LogP contribution < -0.4 is 5.32 Å². The Morgan fingerprint density at radius 2 is 0.826 bits per heavy atom. The van der Waals surface area contributed by atoms with E-state index in [0.717, 1.165) is 70.6 Å². The van der Waals surface area contributed by atoms with Crippen molar-refractivity contribution in [1.82, 2.24) is 15.1 Å². The third-order valence-corrected chi connectivity index (χ3v) is 10.8. The van der Waals surface area contributed by atoms with Gasteiger partial charge in [0.1, 0.15) is 0 Å². The van der Waals surface area contributed by atoms with Gasteiger partial charge in [0.15, 0.2) is 5.78 Å². The smallest absolute Gasteiger partial charge is 0.303 e. The average molecular weight is 690 g/mol. The molecule has 0 fully saturated rings. The Morgan fingerprint density at radius 3 is 1.20 bits per heavy atom. The average Bonchev–Trinajstić information content (AvgIpc) is 2.99. The predicted octanol–water partition coefficient (Wildman–Crippen LogP) is 7.66. The maximum absolute atomic E-state index is 12.9. The Bertz CT molecular complexity index is 736. The van der Waals surface area contributed by atoms with E-state index in [1.54, 1.807) is 21.6 Å². The normalized spacial score (nSPS) is 12.8. The number of rotatable bonds is 34. The molecule has 0 aliphatic carbocycles. The molecule has 1 amide bonds. The Labute approximate surface area is 288 Å². The summed E-state index contributed by atoms with van der Waals surface area (Å²) in [6.45, 7) is 0.698. The molecule has 0 spiro atoms. The van der Waals surface area contributed by atoms with Crippen LogP contribution in [-0.4, -0.2) is 102 Å². The van der Waals surface area contributed by atoms with E-state index in [1.165, 1.54) is 51.4 Å². The molecular formula is C35H67N3O6S2. The summed E-state index contributed by atoms with van der Waals surface area (Å²) in [4.78, 5) is 50.8. The lowest BCUT2D eigenvalue weighted by atomic mass is 10.0. The SMILES string of the molecule is CN(C)C(CSSCC(C(=O)NCCCCCCCCCCCC(=O)O)N(C)C)C(=O)CCCCCCCCCCCCC(=O)O. The summed E-state index contributed by atoms with van der Waals surface area (Å²) in [5.74, 6) is 0.353. The molecular weight excluding hydrogens is 623 g/mol. The second-order valence-corrected chi connectivity index (χ2v) is 15.6. The van der Waals surface area contributed by atoms with Gasteiger partial charge in [-0.05, 0) is 53.9 Å². The zero-order valence-electron chi connectivity index (χ0n) is 29.6. The van der Waals surface area contributed by atoms with E-state index in [4.69, 9.17) is 10.2 Å². The van der Waals surface area contributed by atoms with Gasteiger partial charge < -0.3 is 15.5 Å². The van der Waals surface area contributed by atoms with Crippen molar-refractivity contribution in [2.75, 3.05) is 46.2 Å². The van der Waals surface area contributed by atoms with E-state index >= 15 is 0 Å². The molecule has 0 aromatic carbocycles. The quantitative estimate of drug-likeness (QED) is 0.0458. The van der Waals surface area contributed by atoms with Crippen LogP contribution in [-0.2, 0) is 19.2 Å². The number of nitrogens with one attached hydrogen (secondary N) is 1. The summed E-state index contributed by atoms with van der Waals surface area (Å²) >= 11 is 0. The minimum absolute atomic E-state index is 0.0652. The van der Waals surface area contributed by atoms with Crippen molar-refractivity contribution in [1.29, 1.82) is 0 Å². The monoisotopic (exact) mass is 689 g/mol. The summed E-state index contributed by atoms with van der Waals surface area (Å²) in [6, 6.07) is -0.314. The minimum atomic E-state index is -0.704. The zero-order chi connectivity index (χ0) is 34.4. The summed E-state index contributed by atoms with van der Waals surface area (Å²) in [7, 11) is 11.2. The van der Waals surface area contributed by atoms with Gasteiger partial charge in [0.2, 0.25) is 5.91 Å². The molecule has 46 heavy (non-hydrogen) atoms. The van der Waals surface area contributed by atoms with Crippen molar-refractivity contribution < 1.29 is 29.4 Å². The van der Waals surface area contributed by atoms with Crippen LogP contribution in [0.4, 0.5) is 0 Å². The molecule has 0 heterocycles. The fourth-order valence-corrected chi connectivity index (χ4v) is 8.07. The van der Waals surface area contributed by atoms with Gasteiger partial charge in [0, 0.05) is 37.3 Å². The third-order valence-electron chi connectivity index (χ3n) is 8.39. The van der Waals surface area contributed by atoms with Crippen LogP contribution in [0.25, 0.3) is 0 Å². The molecule has 0 radical (unpaired) electrons. The molecule has 0 rings (SSSR count). The van der Waals surface area contributed by atoms with Crippen LogP contribution in [0.15, 0.2) is 0 Å². The molecule has 9 nitrogen and oxygen atoms in total. The van der Waals surface area contributed by atoms with E-state index in [1.807, 2.05) is 38.0 Å². The summed E-state index contributed by atoms with van der Waals surface area (Å²) < 4.78 is 0. The standard InChI is InChI=1S/C35H67N3O6S2/c1-37(2)30(32(39)24-20-16-12-8-5-6-9-13-17-21-25-33(40)41)28-45-46-29-31(38(3)4)35(44)36-27-23-19-15-11-7-10-14-18-22-26-34(42)43/h30-31H,5-29H2,1-4H3,(H,36,44)(H,40,41)(H,42,43). The highest BCUT2D eigenvalue weighted by Crippen LogP contribution is 2.26. The molecule has 11 heteroatoms. The van der Waals surface area contributed by atoms with Gasteiger partial charge in [0.05, 0.1) is 12.1 Å². The first-order valence-electron chi connectivity index (χ1n) is 17.9. The topological polar surface area (TPSA) is 127 Å². The van der Waals surface area contributed by atoms with Crippen LogP contribution in [0.5, 0.6) is 0 Å². The first-order valence-corrected chi connectivity index (χ1v) is 20.4. The van der Waals surface area contributed by atoms with Crippen LogP contribution >= 0.6 is 21.6 Å². The van der Waals surface area contributed by atoms with Crippen molar-refractivity contribution in [3.63, 3.8) is 0 Å². The number of hydrogen-bond donors (Lipinski definition) is 3. The predicted molar refractivity (Wildman–Crippen MR) is 195 cm³/mol. The fraction of sp³-hybridized carbons (Fsp3) is 0.886. The number of carbonyl (C=O) groups is 4. The molecule has 2 unspecified atom stereocenters. The molecule has 2 atom stereocenters. The van der Waals surface area contributed by atoms with Gasteiger partial charge in [-0.25, -0.2) is 0 Å². The Hall–Kier alpha value is -1.30. The molecule has 0 saturated carbocycles. The highest BCUT2D eigenvalue weighted by atomic mass is 33.1. The summed E-state index contributed by atoms with van der Waals surface area (Å²) in [5.41, 5.74) is 0. The van der Waals surface area contributed by atoms with Crippen LogP contribution in [0, 0.1) is 0 Å². The molecule has 0 aromatic rings. The highest BCUT2D eigenvalue weighted by molar-refractivity contribution is 8.76. The molecule has 0 aliphatic rings. The lowest BCUT2D eigenvalue weighted by Crippen LogP contribution is -2.45. The van der Waals surface area contributed by atoms with E-state index in [-0.39, 0.29) is 30.8 Å². The molecule has 0 aliphatic heterocycles. The summed E-state index contributed by atoms with van der Waals surface area (Å²) in [6.07, 6.45) is 21.8. The number of hydrogen-bond acceptors (Lipinski definition) is 8. The minimum Gasteiger partial charge on any atom is -0.481 e. The lowest BCUT2D eigenvalue weighted by Gasteiger charge is -2.25. The maximum Gasteiger partial charge on any atom is 0.303 e. The number of amides is 1. The third kappa shape index (κ3) is 27.8. The number of unbranched alkanes of at least 4 members (excludes halogenated alkanes) is 17. The molecule has 0 saturated heterocycles. The Balaban J connectivity index is 4.00. The number of carbonyl (C=O) groups excluding carboxylic acids is 2. The second kappa shape index (κ2) is 31.0. The van der Waals surface area contributed by atoms with Crippen molar-refractivity contribution >= 4 is 45.2 Å². The van der Waals surface area contributed by atoms with Gasteiger partial charge >= 0.3 is 11.9 Å². The van der Waals surface area contributed by atoms with E-state index in [0.29, 0.717) is 30.3 Å². The van der Waals surface area contributed by atoms with Gasteiger partial charge in [-0.3, -0.25) is 29.0 Å². The van der Waals surface area contributed by atoms with Crippen LogP contribution in [0.3, 0.4) is 0 Å². The second-order valence-electron chi connectivity index (χ2n) is 13.0. The number of Topliss-reactive ketones (excluding diaryl/α,β-unsaturated/α-hetero) is 1. The van der Waals surface area contributed by atoms with Crippen LogP contribution in [0.1, 0.15) is 141 Å². The largest absolute Gasteiger partial charge is 0.481 e. The van der Waals surface area contributed by atoms with Crippen molar-refractivity contribution in [3.8, 4) is 0 Å². The van der Waals surface area contributed by atoms with Crippen molar-refractivity contribution in [3.05, 3.63) is 0 Å².